The van der Waals surface area contributed by atoms with Gasteiger partial charge in [0.2, 0.25) is 0 Å². The summed E-state index contributed by atoms with van der Waals surface area (Å²) in [6.07, 6.45) is -3.43. The number of nitrogens with two attached hydrogens (primary N) is 2. The van der Waals surface area contributed by atoms with Gasteiger partial charge in [-0.2, -0.15) is 13.2 Å². The molecule has 0 aliphatic carbocycles. The second-order valence-corrected chi connectivity index (χ2v) is 3.99. The van der Waals surface area contributed by atoms with Gasteiger partial charge in [-0.15, -0.1) is 12.4 Å². The molecule has 0 aliphatic heterocycles. The van der Waals surface area contributed by atoms with Crippen molar-refractivity contribution in [3.8, 4) is 5.75 Å². The molecule has 0 bridgehead atoms. The van der Waals surface area contributed by atoms with E-state index in [1.165, 1.54) is 19.2 Å². The summed E-state index contributed by atoms with van der Waals surface area (Å²) in [5.74, 6) is 0.164. The van der Waals surface area contributed by atoms with E-state index in [0.29, 0.717) is 19.4 Å². The van der Waals surface area contributed by atoms with Gasteiger partial charge in [-0.25, -0.2) is 0 Å². The van der Waals surface area contributed by atoms with Gasteiger partial charge in [0.25, 0.3) is 0 Å². The summed E-state index contributed by atoms with van der Waals surface area (Å²) < 4.78 is 43.5. The largest absolute Gasteiger partial charge is 0.497 e. The van der Waals surface area contributed by atoms with Crippen molar-refractivity contribution in [2.24, 2.45) is 11.5 Å². The van der Waals surface area contributed by atoms with Crippen LogP contribution in [0, 0.1) is 0 Å². The van der Waals surface area contributed by atoms with E-state index in [1.807, 2.05) is 0 Å². The molecule has 0 amide bonds. The number of alkyl halides is 3. The fraction of sp³-hybridized carbons (Fsp3) is 0.500. The molecule has 0 radical (unpaired) electrons. The molecule has 0 saturated carbocycles. The molecule has 0 heterocycles. The van der Waals surface area contributed by atoms with Crippen molar-refractivity contribution in [2.75, 3.05) is 13.7 Å². The van der Waals surface area contributed by atoms with Crippen molar-refractivity contribution in [2.45, 2.75) is 25.1 Å². The molecule has 1 aromatic rings. The quantitative estimate of drug-likeness (QED) is 0.878. The van der Waals surface area contributed by atoms with Crippen LogP contribution in [0.1, 0.15) is 30.0 Å². The van der Waals surface area contributed by atoms with E-state index in [1.54, 1.807) is 0 Å². The number of ether oxygens (including phenoxy) is 1. The summed E-state index contributed by atoms with van der Waals surface area (Å²) in [4.78, 5) is 0. The summed E-state index contributed by atoms with van der Waals surface area (Å²) in [7, 11) is 1.32. The lowest BCUT2D eigenvalue weighted by Gasteiger charge is -2.19. The SMILES string of the molecule is COc1ccc([C@@H](N)CCCN)c(C(F)(F)F)c1.Cl. The zero-order chi connectivity index (χ0) is 13.8. The van der Waals surface area contributed by atoms with Gasteiger partial charge in [0.15, 0.2) is 0 Å². The van der Waals surface area contributed by atoms with Crippen molar-refractivity contribution in [1.29, 1.82) is 0 Å². The Morgan fingerprint density at radius 3 is 2.42 bits per heavy atom. The molecule has 0 saturated heterocycles. The lowest BCUT2D eigenvalue weighted by Crippen LogP contribution is -2.18. The summed E-state index contributed by atoms with van der Waals surface area (Å²) in [6, 6.07) is 3.14. The standard InChI is InChI=1S/C12H17F3N2O.ClH/c1-18-8-4-5-9(11(17)3-2-6-16)10(7-8)12(13,14)15;/h4-5,7,11H,2-3,6,16-17H2,1H3;1H/t11-;/m0./s1. The first kappa shape index (κ1) is 18.0. The first-order chi connectivity index (χ1) is 8.40. The van der Waals surface area contributed by atoms with Crippen LogP contribution in [0.2, 0.25) is 0 Å². The second-order valence-electron chi connectivity index (χ2n) is 3.99. The highest BCUT2D eigenvalue weighted by Crippen LogP contribution is 2.37. The van der Waals surface area contributed by atoms with Gasteiger partial charge in [-0.05, 0) is 37.1 Å². The fourth-order valence-corrected chi connectivity index (χ4v) is 1.72. The Balaban J connectivity index is 0.00000324. The molecule has 1 aromatic carbocycles. The Morgan fingerprint density at radius 2 is 1.95 bits per heavy atom. The highest BCUT2D eigenvalue weighted by atomic mass is 35.5. The Hall–Kier alpha value is -0.980. The zero-order valence-electron chi connectivity index (χ0n) is 10.5. The molecular weight excluding hydrogens is 281 g/mol. The van der Waals surface area contributed by atoms with Crippen molar-refractivity contribution in [3.63, 3.8) is 0 Å². The highest BCUT2D eigenvalue weighted by Gasteiger charge is 2.35. The van der Waals surface area contributed by atoms with Crippen LogP contribution >= 0.6 is 12.4 Å². The zero-order valence-corrected chi connectivity index (χ0v) is 11.4. The molecule has 0 aromatic heterocycles. The van der Waals surface area contributed by atoms with E-state index >= 15 is 0 Å². The minimum absolute atomic E-state index is 0. The molecule has 19 heavy (non-hydrogen) atoms. The van der Waals surface area contributed by atoms with Gasteiger partial charge in [0, 0.05) is 6.04 Å². The number of methoxy groups -OCH3 is 1. The van der Waals surface area contributed by atoms with Crippen LogP contribution in [0.3, 0.4) is 0 Å². The monoisotopic (exact) mass is 298 g/mol. The van der Waals surface area contributed by atoms with Crippen LogP contribution in [0.15, 0.2) is 18.2 Å². The van der Waals surface area contributed by atoms with E-state index in [0.717, 1.165) is 6.07 Å². The Bertz CT molecular complexity index is 399. The molecule has 0 fully saturated rings. The Morgan fingerprint density at radius 1 is 1.32 bits per heavy atom. The van der Waals surface area contributed by atoms with E-state index < -0.39 is 17.8 Å². The topological polar surface area (TPSA) is 61.3 Å². The van der Waals surface area contributed by atoms with Crippen molar-refractivity contribution in [3.05, 3.63) is 29.3 Å². The van der Waals surface area contributed by atoms with Gasteiger partial charge in [-0.1, -0.05) is 6.07 Å². The smallest absolute Gasteiger partial charge is 0.416 e. The third kappa shape index (κ3) is 4.89. The minimum atomic E-state index is -4.44. The number of rotatable bonds is 5. The van der Waals surface area contributed by atoms with Crippen LogP contribution in [-0.4, -0.2) is 13.7 Å². The first-order valence-electron chi connectivity index (χ1n) is 5.61. The van der Waals surface area contributed by atoms with E-state index in [2.05, 4.69) is 0 Å². The van der Waals surface area contributed by atoms with Crippen molar-refractivity contribution in [1.82, 2.24) is 0 Å². The van der Waals surface area contributed by atoms with Crippen LogP contribution in [-0.2, 0) is 6.18 Å². The van der Waals surface area contributed by atoms with Gasteiger partial charge in [-0.3, -0.25) is 0 Å². The third-order valence-corrected chi connectivity index (χ3v) is 2.68. The summed E-state index contributed by atoms with van der Waals surface area (Å²) in [5.41, 5.74) is 10.4. The van der Waals surface area contributed by atoms with Crippen LogP contribution in [0.4, 0.5) is 13.2 Å². The minimum Gasteiger partial charge on any atom is -0.497 e. The van der Waals surface area contributed by atoms with Crippen LogP contribution in [0.5, 0.6) is 5.75 Å². The lowest BCUT2D eigenvalue weighted by molar-refractivity contribution is -0.138. The van der Waals surface area contributed by atoms with E-state index in [9.17, 15) is 13.2 Å². The normalized spacial score (nSPS) is 12.7. The van der Waals surface area contributed by atoms with Crippen LogP contribution in [0.25, 0.3) is 0 Å². The second kappa shape index (κ2) is 7.57. The predicted octanol–water partition coefficient (Wildman–Crippen LogP) is 2.87. The number of benzene rings is 1. The molecule has 1 rings (SSSR count). The summed E-state index contributed by atoms with van der Waals surface area (Å²) >= 11 is 0. The van der Waals surface area contributed by atoms with Crippen molar-refractivity contribution < 1.29 is 17.9 Å². The molecule has 1 atom stereocenters. The molecule has 7 heteroatoms. The molecule has 4 N–H and O–H groups in total. The third-order valence-electron chi connectivity index (χ3n) is 2.68. The maximum atomic E-state index is 12.9. The van der Waals surface area contributed by atoms with E-state index in [-0.39, 0.29) is 23.7 Å². The van der Waals surface area contributed by atoms with Gasteiger partial charge in [0.05, 0.1) is 12.7 Å². The van der Waals surface area contributed by atoms with Crippen LogP contribution < -0.4 is 16.2 Å². The first-order valence-corrected chi connectivity index (χ1v) is 5.61. The van der Waals surface area contributed by atoms with Gasteiger partial charge < -0.3 is 16.2 Å². The molecule has 3 nitrogen and oxygen atoms in total. The molecule has 0 unspecified atom stereocenters. The predicted molar refractivity (Wildman–Crippen MR) is 70.5 cm³/mol. The number of hydrogen-bond acceptors (Lipinski definition) is 3. The molecule has 0 spiro atoms. The number of hydrogen-bond donors (Lipinski definition) is 2. The molecular formula is C12H18ClF3N2O. The number of halogens is 4. The average Bonchev–Trinajstić information content (AvgIpc) is 2.34. The fourth-order valence-electron chi connectivity index (χ4n) is 1.72. The van der Waals surface area contributed by atoms with Gasteiger partial charge >= 0.3 is 6.18 Å². The van der Waals surface area contributed by atoms with Crippen molar-refractivity contribution >= 4 is 12.4 Å². The Kier molecular flexibility index (Phi) is 7.18. The average molecular weight is 299 g/mol. The highest BCUT2D eigenvalue weighted by molar-refractivity contribution is 5.85. The maximum Gasteiger partial charge on any atom is 0.416 e. The molecule has 0 aliphatic rings. The van der Waals surface area contributed by atoms with E-state index in [4.69, 9.17) is 16.2 Å². The maximum absolute atomic E-state index is 12.9. The summed E-state index contributed by atoms with van der Waals surface area (Å²) in [6.45, 7) is 0.408. The Labute approximate surface area is 116 Å². The summed E-state index contributed by atoms with van der Waals surface area (Å²) in [5, 5.41) is 0. The lowest BCUT2D eigenvalue weighted by atomic mass is 9.97. The van der Waals surface area contributed by atoms with Gasteiger partial charge in [0.1, 0.15) is 5.75 Å². The molecule has 110 valence electrons.